The molecule has 0 bridgehead atoms. The summed E-state index contributed by atoms with van der Waals surface area (Å²) in [6.07, 6.45) is 5.45. The maximum atomic E-state index is 12.3. The number of hydrogen-bond acceptors (Lipinski definition) is 4. The van der Waals surface area contributed by atoms with E-state index in [2.05, 4.69) is 27.7 Å². The highest BCUT2D eigenvalue weighted by atomic mass is 32.1. The van der Waals surface area contributed by atoms with Gasteiger partial charge in [-0.15, -0.1) is 0 Å². The Labute approximate surface area is 162 Å². The zero-order chi connectivity index (χ0) is 18.6. The third-order valence-corrected chi connectivity index (χ3v) is 4.63. The highest BCUT2D eigenvalue weighted by Gasteiger charge is 2.14. The molecule has 6 heteroatoms. The first-order valence-corrected chi connectivity index (χ1v) is 9.21. The first kappa shape index (κ1) is 17.3. The molecule has 0 saturated heterocycles. The van der Waals surface area contributed by atoms with Crippen LogP contribution in [0.1, 0.15) is 17.0 Å². The lowest BCUT2D eigenvalue weighted by Gasteiger charge is -2.25. The number of para-hydroxylation sites is 1. The number of nitrogens with zero attached hydrogens (tertiary/aromatic N) is 1. The SMILES string of the molecule is O=C(NC(=S)Nc1ccc(N2CC=CCC2)cc1)c1cc2ccccc2o1. The highest BCUT2D eigenvalue weighted by Crippen LogP contribution is 2.20. The van der Waals surface area contributed by atoms with Crippen molar-refractivity contribution in [2.45, 2.75) is 6.42 Å². The summed E-state index contributed by atoms with van der Waals surface area (Å²) in [5.41, 5.74) is 2.66. The van der Waals surface area contributed by atoms with Crippen molar-refractivity contribution in [3.63, 3.8) is 0 Å². The molecule has 2 aromatic carbocycles. The van der Waals surface area contributed by atoms with Gasteiger partial charge in [-0.3, -0.25) is 10.1 Å². The fourth-order valence-corrected chi connectivity index (χ4v) is 3.26. The first-order chi connectivity index (χ1) is 13.2. The van der Waals surface area contributed by atoms with E-state index in [1.165, 1.54) is 5.69 Å². The minimum Gasteiger partial charge on any atom is -0.451 e. The molecule has 136 valence electrons. The van der Waals surface area contributed by atoms with E-state index < -0.39 is 0 Å². The summed E-state index contributed by atoms with van der Waals surface area (Å²) in [6, 6.07) is 17.2. The second-order valence-electron chi connectivity index (χ2n) is 6.31. The minimum absolute atomic E-state index is 0.230. The third-order valence-electron chi connectivity index (χ3n) is 4.42. The van der Waals surface area contributed by atoms with Crippen LogP contribution in [0.25, 0.3) is 11.0 Å². The Morgan fingerprint density at radius 2 is 1.89 bits per heavy atom. The summed E-state index contributed by atoms with van der Waals surface area (Å²) in [5.74, 6) is -0.144. The van der Waals surface area contributed by atoms with Gasteiger partial charge in [0.2, 0.25) is 0 Å². The Morgan fingerprint density at radius 1 is 1.07 bits per heavy atom. The van der Waals surface area contributed by atoms with E-state index in [9.17, 15) is 4.79 Å². The van der Waals surface area contributed by atoms with Gasteiger partial charge in [-0.05, 0) is 55.0 Å². The van der Waals surface area contributed by atoms with Crippen molar-refractivity contribution in [2.24, 2.45) is 0 Å². The van der Waals surface area contributed by atoms with Crippen molar-refractivity contribution < 1.29 is 9.21 Å². The molecule has 0 aliphatic carbocycles. The van der Waals surface area contributed by atoms with Crippen LogP contribution in [0.15, 0.2) is 71.2 Å². The van der Waals surface area contributed by atoms with Gasteiger partial charge in [0.25, 0.3) is 5.91 Å². The van der Waals surface area contributed by atoms with Crippen LogP contribution in [-0.2, 0) is 0 Å². The lowest BCUT2D eigenvalue weighted by atomic mass is 10.2. The molecule has 1 aromatic heterocycles. The number of nitrogens with one attached hydrogen (secondary N) is 2. The molecule has 2 heterocycles. The van der Waals surface area contributed by atoms with Crippen molar-refractivity contribution in [3.05, 3.63) is 72.5 Å². The Hall–Kier alpha value is -3.12. The van der Waals surface area contributed by atoms with Crippen molar-refractivity contribution in [1.82, 2.24) is 5.32 Å². The van der Waals surface area contributed by atoms with Gasteiger partial charge in [0.15, 0.2) is 10.9 Å². The second kappa shape index (κ2) is 7.63. The molecule has 5 nitrogen and oxygen atoms in total. The average molecular weight is 377 g/mol. The third kappa shape index (κ3) is 4.01. The van der Waals surface area contributed by atoms with E-state index in [1.54, 1.807) is 6.07 Å². The van der Waals surface area contributed by atoms with E-state index in [0.717, 1.165) is 30.6 Å². The lowest BCUT2D eigenvalue weighted by Crippen LogP contribution is -2.33. The number of rotatable bonds is 3. The maximum absolute atomic E-state index is 12.3. The Balaban J connectivity index is 1.37. The molecule has 1 aliphatic rings. The smallest absolute Gasteiger partial charge is 0.293 e. The molecular formula is C21H19N3O2S. The van der Waals surface area contributed by atoms with Crippen molar-refractivity contribution in [2.75, 3.05) is 23.3 Å². The number of fused-ring (bicyclic) bond motifs is 1. The molecule has 2 N–H and O–H groups in total. The summed E-state index contributed by atoms with van der Waals surface area (Å²) in [5, 5.41) is 6.79. The maximum Gasteiger partial charge on any atom is 0.293 e. The van der Waals surface area contributed by atoms with Gasteiger partial charge in [0.1, 0.15) is 5.58 Å². The van der Waals surface area contributed by atoms with Gasteiger partial charge in [-0.2, -0.15) is 0 Å². The van der Waals surface area contributed by atoms with Crippen LogP contribution >= 0.6 is 12.2 Å². The summed E-state index contributed by atoms with van der Waals surface area (Å²) in [4.78, 5) is 14.6. The number of furan rings is 1. The quantitative estimate of drug-likeness (QED) is 0.526. The second-order valence-corrected chi connectivity index (χ2v) is 6.72. The number of thiocarbonyl (C=S) groups is 1. The summed E-state index contributed by atoms with van der Waals surface area (Å²) in [6.45, 7) is 1.95. The van der Waals surface area contributed by atoms with Crippen LogP contribution in [0, 0.1) is 0 Å². The molecule has 0 unspecified atom stereocenters. The van der Waals surface area contributed by atoms with E-state index in [-0.39, 0.29) is 16.8 Å². The molecule has 0 fully saturated rings. The zero-order valence-electron chi connectivity index (χ0n) is 14.6. The van der Waals surface area contributed by atoms with Crippen LogP contribution in [-0.4, -0.2) is 24.1 Å². The molecule has 1 aliphatic heterocycles. The van der Waals surface area contributed by atoms with Crippen molar-refractivity contribution in [1.29, 1.82) is 0 Å². The topological polar surface area (TPSA) is 57.5 Å². The number of benzene rings is 2. The molecule has 1 amide bonds. The summed E-state index contributed by atoms with van der Waals surface area (Å²) >= 11 is 5.25. The van der Waals surface area contributed by atoms with E-state index in [0.29, 0.717) is 5.58 Å². The van der Waals surface area contributed by atoms with E-state index >= 15 is 0 Å². The molecule has 0 atom stereocenters. The van der Waals surface area contributed by atoms with Crippen molar-refractivity contribution >= 4 is 45.6 Å². The number of anilines is 2. The largest absolute Gasteiger partial charge is 0.451 e. The predicted octanol–water partition coefficient (Wildman–Crippen LogP) is 4.33. The molecule has 3 aromatic rings. The fourth-order valence-electron chi connectivity index (χ4n) is 3.05. The number of carbonyl (C=O) groups excluding carboxylic acids is 1. The number of carbonyl (C=O) groups is 1. The number of amides is 1. The summed E-state index contributed by atoms with van der Waals surface area (Å²) < 4.78 is 5.55. The van der Waals surface area contributed by atoms with Gasteiger partial charge in [-0.1, -0.05) is 30.4 Å². The molecule has 0 radical (unpaired) electrons. The van der Waals surface area contributed by atoms with Crippen LogP contribution in [0.4, 0.5) is 11.4 Å². The summed E-state index contributed by atoms with van der Waals surface area (Å²) in [7, 11) is 0. The Kier molecular flexibility index (Phi) is 4.89. The minimum atomic E-state index is -0.375. The van der Waals surface area contributed by atoms with Crippen LogP contribution in [0.2, 0.25) is 0 Å². The normalized spacial score (nSPS) is 13.6. The number of hydrogen-bond donors (Lipinski definition) is 2. The van der Waals surface area contributed by atoms with Gasteiger partial charge < -0.3 is 14.6 Å². The molecule has 4 rings (SSSR count). The molecule has 27 heavy (non-hydrogen) atoms. The van der Waals surface area contributed by atoms with Gasteiger partial charge in [0, 0.05) is 29.9 Å². The first-order valence-electron chi connectivity index (χ1n) is 8.80. The average Bonchev–Trinajstić information content (AvgIpc) is 3.14. The Morgan fingerprint density at radius 3 is 2.63 bits per heavy atom. The van der Waals surface area contributed by atoms with Crippen LogP contribution < -0.4 is 15.5 Å². The van der Waals surface area contributed by atoms with Gasteiger partial charge in [-0.25, -0.2) is 0 Å². The van der Waals surface area contributed by atoms with Gasteiger partial charge in [0.05, 0.1) is 0 Å². The lowest BCUT2D eigenvalue weighted by molar-refractivity contribution is 0.0953. The predicted molar refractivity (Wildman–Crippen MR) is 112 cm³/mol. The molecular weight excluding hydrogens is 358 g/mol. The monoisotopic (exact) mass is 377 g/mol. The highest BCUT2D eigenvalue weighted by molar-refractivity contribution is 7.80. The van der Waals surface area contributed by atoms with Crippen molar-refractivity contribution in [3.8, 4) is 0 Å². The van der Waals surface area contributed by atoms with E-state index in [4.69, 9.17) is 16.6 Å². The van der Waals surface area contributed by atoms with Crippen LogP contribution in [0.5, 0.6) is 0 Å². The molecule has 0 spiro atoms. The van der Waals surface area contributed by atoms with Gasteiger partial charge >= 0.3 is 0 Å². The zero-order valence-corrected chi connectivity index (χ0v) is 15.5. The van der Waals surface area contributed by atoms with E-state index in [1.807, 2.05) is 48.5 Å². The molecule has 0 saturated carbocycles. The Bertz CT molecular complexity index is 975. The van der Waals surface area contributed by atoms with Crippen LogP contribution in [0.3, 0.4) is 0 Å². The fraction of sp³-hybridized carbons (Fsp3) is 0.143. The standard InChI is InChI=1S/C21H19N3O2S/c25-20(19-14-15-6-2-3-7-18(15)26-19)23-21(27)22-16-8-10-17(11-9-16)24-12-4-1-5-13-24/h1-4,6-11,14H,5,12-13H2,(H2,22,23,25,27).